The molecule has 0 aliphatic carbocycles. The zero-order chi connectivity index (χ0) is 29.4. The van der Waals surface area contributed by atoms with Crippen LogP contribution in [-0.2, 0) is 0 Å². The Hall–Kier alpha value is -4.81. The number of carboxylic acids is 1. The number of thiophene rings is 1. The van der Waals surface area contributed by atoms with Crippen molar-refractivity contribution in [1.29, 1.82) is 0 Å². The Kier molecular flexibility index (Phi) is 7.31. The van der Waals surface area contributed by atoms with E-state index in [1.165, 1.54) is 29.7 Å². The van der Waals surface area contributed by atoms with E-state index in [-0.39, 0.29) is 29.2 Å². The molecule has 5 aromatic carbocycles. The Balaban J connectivity index is 1.43. The van der Waals surface area contributed by atoms with Crippen molar-refractivity contribution in [3.05, 3.63) is 142 Å². The van der Waals surface area contributed by atoms with Crippen molar-refractivity contribution in [2.75, 3.05) is 0 Å². The van der Waals surface area contributed by atoms with Crippen LogP contribution in [0.3, 0.4) is 0 Å². The summed E-state index contributed by atoms with van der Waals surface area (Å²) in [5.41, 5.74) is 5.16. The van der Waals surface area contributed by atoms with Crippen LogP contribution in [0.25, 0.3) is 32.0 Å². The highest BCUT2D eigenvalue weighted by Crippen LogP contribution is 2.40. The topological polar surface area (TPSA) is 66.4 Å². The summed E-state index contributed by atoms with van der Waals surface area (Å²) >= 11 is 1.58. The molecule has 0 fully saturated rings. The fraction of sp³-hybridized carbons (Fsp3) is 0.111. The minimum Gasteiger partial charge on any atom is -0.478 e. The van der Waals surface area contributed by atoms with Crippen LogP contribution in [0.5, 0.6) is 0 Å². The van der Waals surface area contributed by atoms with Gasteiger partial charge in [0, 0.05) is 21.6 Å². The van der Waals surface area contributed by atoms with E-state index >= 15 is 0 Å². The van der Waals surface area contributed by atoms with Gasteiger partial charge in [0.25, 0.3) is 5.91 Å². The molecular formula is C36H28FNO3S. The molecule has 1 heterocycles. The number of carboxylic acid groups (broad SMARTS) is 1. The number of carbonyl (C=O) groups excluding carboxylic acids is 1. The van der Waals surface area contributed by atoms with Gasteiger partial charge in [-0.1, -0.05) is 73.7 Å². The lowest BCUT2D eigenvalue weighted by Crippen LogP contribution is -2.27. The number of amides is 1. The van der Waals surface area contributed by atoms with Crippen LogP contribution >= 0.6 is 11.3 Å². The summed E-state index contributed by atoms with van der Waals surface area (Å²) in [6.45, 7) is 4.02. The smallest absolute Gasteiger partial charge is 0.335 e. The van der Waals surface area contributed by atoms with Gasteiger partial charge in [-0.15, -0.1) is 11.3 Å². The molecule has 2 N–H and O–H groups in total. The number of nitrogens with one attached hydrogen (secondary N) is 1. The van der Waals surface area contributed by atoms with Crippen LogP contribution in [0.1, 0.15) is 63.2 Å². The molecule has 208 valence electrons. The van der Waals surface area contributed by atoms with Crippen molar-refractivity contribution in [2.24, 2.45) is 0 Å². The van der Waals surface area contributed by atoms with Gasteiger partial charge in [0.05, 0.1) is 11.6 Å². The van der Waals surface area contributed by atoms with Gasteiger partial charge in [0.15, 0.2) is 0 Å². The zero-order valence-corrected chi connectivity index (χ0v) is 23.9. The number of benzene rings is 5. The lowest BCUT2D eigenvalue weighted by atomic mass is 9.88. The minimum absolute atomic E-state index is 0.0240. The average Bonchev–Trinajstić information content (AvgIpc) is 3.44. The van der Waals surface area contributed by atoms with Gasteiger partial charge in [-0.2, -0.15) is 0 Å². The summed E-state index contributed by atoms with van der Waals surface area (Å²) in [5.74, 6) is -1.57. The fourth-order valence-electron chi connectivity index (χ4n) is 5.45. The quantitative estimate of drug-likeness (QED) is 0.200. The van der Waals surface area contributed by atoms with Crippen LogP contribution in [0, 0.1) is 5.82 Å². The Morgan fingerprint density at radius 1 is 0.786 bits per heavy atom. The molecule has 0 radical (unpaired) electrons. The van der Waals surface area contributed by atoms with Gasteiger partial charge < -0.3 is 10.4 Å². The SMILES string of the molecule is C[C@@H](c1ccc2ccccc2c1)c1csc2cc(-c3cccc(F)c3)cc(C(=O)N[C@@H](C)c3ccc(C(=O)O)cc3)c12. The van der Waals surface area contributed by atoms with Crippen LogP contribution < -0.4 is 5.32 Å². The molecule has 1 aromatic heterocycles. The van der Waals surface area contributed by atoms with Gasteiger partial charge >= 0.3 is 5.97 Å². The molecule has 6 heteroatoms. The normalized spacial score (nSPS) is 12.7. The van der Waals surface area contributed by atoms with Crippen molar-refractivity contribution < 1.29 is 19.1 Å². The fourth-order valence-corrected chi connectivity index (χ4v) is 6.57. The van der Waals surface area contributed by atoms with E-state index in [0.29, 0.717) is 11.1 Å². The first-order valence-corrected chi connectivity index (χ1v) is 14.6. The van der Waals surface area contributed by atoms with E-state index < -0.39 is 5.97 Å². The predicted octanol–water partition coefficient (Wildman–Crippen LogP) is 9.20. The largest absolute Gasteiger partial charge is 0.478 e. The number of aromatic carboxylic acids is 1. The summed E-state index contributed by atoms with van der Waals surface area (Å²) in [6, 6.07) is 31.1. The van der Waals surface area contributed by atoms with Crippen LogP contribution in [0.15, 0.2) is 109 Å². The van der Waals surface area contributed by atoms with Crippen LogP contribution in [0.2, 0.25) is 0 Å². The molecule has 0 saturated heterocycles. The standard InChI is InChI=1S/C36H28FNO3S/c1-21(26-15-12-24-6-3-4-7-27(24)16-26)32-20-42-33-19-29(28-8-5-9-30(37)17-28)18-31(34(32)33)35(39)38-22(2)23-10-13-25(14-11-23)36(40)41/h3-22H,1-2H3,(H,38,39)(H,40,41)/t21-,22-/m0/s1. The van der Waals surface area contributed by atoms with Crippen molar-refractivity contribution in [3.63, 3.8) is 0 Å². The molecule has 0 spiro atoms. The second-order valence-electron chi connectivity index (χ2n) is 10.5. The van der Waals surface area contributed by atoms with Gasteiger partial charge in [0.1, 0.15) is 5.82 Å². The number of fused-ring (bicyclic) bond motifs is 2. The Morgan fingerprint density at radius 3 is 2.26 bits per heavy atom. The highest BCUT2D eigenvalue weighted by atomic mass is 32.1. The molecule has 2 atom stereocenters. The lowest BCUT2D eigenvalue weighted by Gasteiger charge is -2.18. The number of carbonyl (C=O) groups is 2. The summed E-state index contributed by atoms with van der Waals surface area (Å²) < 4.78 is 15.1. The van der Waals surface area contributed by atoms with Crippen molar-refractivity contribution in [2.45, 2.75) is 25.8 Å². The van der Waals surface area contributed by atoms with Crippen LogP contribution in [-0.4, -0.2) is 17.0 Å². The van der Waals surface area contributed by atoms with Gasteiger partial charge in [-0.3, -0.25) is 4.79 Å². The third-order valence-corrected chi connectivity index (χ3v) is 8.80. The molecule has 4 nitrogen and oxygen atoms in total. The summed E-state index contributed by atoms with van der Waals surface area (Å²) in [4.78, 5) is 25.3. The van der Waals surface area contributed by atoms with E-state index in [1.807, 2.05) is 37.3 Å². The monoisotopic (exact) mass is 573 g/mol. The average molecular weight is 574 g/mol. The number of hydrogen-bond acceptors (Lipinski definition) is 3. The molecule has 42 heavy (non-hydrogen) atoms. The molecule has 6 rings (SSSR count). The zero-order valence-electron chi connectivity index (χ0n) is 23.1. The summed E-state index contributed by atoms with van der Waals surface area (Å²) in [7, 11) is 0. The number of hydrogen-bond donors (Lipinski definition) is 2. The first-order valence-electron chi connectivity index (χ1n) is 13.7. The van der Waals surface area contributed by atoms with Crippen molar-refractivity contribution in [3.8, 4) is 11.1 Å². The van der Waals surface area contributed by atoms with Crippen molar-refractivity contribution in [1.82, 2.24) is 5.32 Å². The van der Waals surface area contributed by atoms with E-state index in [2.05, 4.69) is 48.0 Å². The van der Waals surface area contributed by atoms with E-state index in [9.17, 15) is 19.1 Å². The van der Waals surface area contributed by atoms with E-state index in [1.54, 1.807) is 29.5 Å². The third kappa shape index (κ3) is 5.29. The first-order chi connectivity index (χ1) is 20.3. The maximum atomic E-state index is 14.2. The Bertz CT molecular complexity index is 1960. The molecule has 1 amide bonds. The number of halogens is 1. The first kappa shape index (κ1) is 27.4. The Labute approximate surface area is 247 Å². The van der Waals surface area contributed by atoms with Gasteiger partial charge in [-0.25, -0.2) is 9.18 Å². The van der Waals surface area contributed by atoms with Crippen LogP contribution in [0.4, 0.5) is 4.39 Å². The summed E-state index contributed by atoms with van der Waals surface area (Å²) in [5, 5.41) is 17.7. The van der Waals surface area contributed by atoms with Crippen molar-refractivity contribution >= 4 is 44.1 Å². The van der Waals surface area contributed by atoms with E-state index in [0.717, 1.165) is 37.7 Å². The minimum atomic E-state index is -1.000. The molecule has 0 saturated carbocycles. The highest BCUT2D eigenvalue weighted by molar-refractivity contribution is 7.17. The van der Waals surface area contributed by atoms with E-state index in [4.69, 9.17) is 0 Å². The lowest BCUT2D eigenvalue weighted by molar-refractivity contribution is 0.0696. The van der Waals surface area contributed by atoms with Gasteiger partial charge in [-0.05, 0) is 87.3 Å². The second-order valence-corrected chi connectivity index (χ2v) is 11.5. The molecule has 0 aliphatic heterocycles. The third-order valence-electron chi connectivity index (χ3n) is 7.85. The van der Waals surface area contributed by atoms with Gasteiger partial charge in [0.2, 0.25) is 0 Å². The maximum Gasteiger partial charge on any atom is 0.335 e. The molecule has 0 unspecified atom stereocenters. The molecule has 0 aliphatic rings. The second kappa shape index (κ2) is 11.2. The maximum absolute atomic E-state index is 14.2. The number of rotatable bonds is 7. The predicted molar refractivity (Wildman–Crippen MR) is 168 cm³/mol. The molecule has 0 bridgehead atoms. The summed E-state index contributed by atoms with van der Waals surface area (Å²) in [6.07, 6.45) is 0. The molecule has 6 aromatic rings. The Morgan fingerprint density at radius 2 is 1.52 bits per heavy atom. The molecular weight excluding hydrogens is 545 g/mol. The highest BCUT2D eigenvalue weighted by Gasteiger charge is 2.22.